The molecule has 0 saturated heterocycles. The molecule has 1 N–H and O–H groups in total. The second kappa shape index (κ2) is 8.32. The molecule has 1 aromatic carbocycles. The fourth-order valence-corrected chi connectivity index (χ4v) is 6.39. The smallest absolute Gasteiger partial charge is 0.259 e. The molecule has 0 fully saturated rings. The van der Waals surface area contributed by atoms with Crippen LogP contribution in [0, 0.1) is 12.8 Å². The van der Waals surface area contributed by atoms with Crippen LogP contribution in [0.1, 0.15) is 47.3 Å². The summed E-state index contributed by atoms with van der Waals surface area (Å²) in [5.41, 5.74) is 2.99. The minimum absolute atomic E-state index is 0.0514. The highest BCUT2D eigenvalue weighted by atomic mass is 32.2. The Kier molecular flexibility index (Phi) is 5.50. The molecule has 10 heteroatoms. The minimum atomic E-state index is -0.147. The normalized spacial score (nSPS) is 16.8. The molecule has 3 heterocycles. The van der Waals surface area contributed by atoms with Crippen LogP contribution in [-0.4, -0.2) is 37.3 Å². The van der Waals surface area contributed by atoms with Gasteiger partial charge in [-0.05, 0) is 72.7 Å². The van der Waals surface area contributed by atoms with Crippen molar-refractivity contribution in [3.05, 3.63) is 50.4 Å². The largest absolute Gasteiger partial charge is 0.494 e. The Bertz CT molecular complexity index is 1360. The third-order valence-corrected chi connectivity index (χ3v) is 8.04. The molecule has 2 unspecified atom stereocenters. The van der Waals surface area contributed by atoms with E-state index < -0.39 is 0 Å². The fourth-order valence-electron chi connectivity index (χ4n) is 4.14. The van der Waals surface area contributed by atoms with Crippen LogP contribution in [0.2, 0.25) is 0 Å². The Balaban J connectivity index is 1.48. The monoisotopic (exact) mass is 468 g/mol. The number of hydrogen-bond donors (Lipinski definition) is 1. The van der Waals surface area contributed by atoms with Crippen LogP contribution >= 0.6 is 23.1 Å². The molecule has 32 heavy (non-hydrogen) atoms. The number of aryl methyl sites for hydroxylation is 2. The Morgan fingerprint density at radius 1 is 1.38 bits per heavy atom. The number of rotatable bonds is 5. The molecule has 1 aliphatic carbocycles. The van der Waals surface area contributed by atoms with E-state index in [4.69, 9.17) is 9.72 Å². The van der Waals surface area contributed by atoms with Crippen molar-refractivity contribution in [1.82, 2.24) is 30.2 Å². The quantitative estimate of drug-likeness (QED) is 0.437. The molecule has 0 aliphatic heterocycles. The average molecular weight is 469 g/mol. The molecule has 2 atom stereocenters. The van der Waals surface area contributed by atoms with Gasteiger partial charge in [0.25, 0.3) is 5.56 Å². The number of hydrogen-bond acceptors (Lipinski definition) is 8. The van der Waals surface area contributed by atoms with Crippen molar-refractivity contribution in [2.75, 3.05) is 7.11 Å². The van der Waals surface area contributed by atoms with Crippen LogP contribution in [0.4, 0.5) is 0 Å². The van der Waals surface area contributed by atoms with E-state index in [-0.39, 0.29) is 10.8 Å². The van der Waals surface area contributed by atoms with Gasteiger partial charge in [-0.3, -0.25) is 4.79 Å². The fraction of sp³-hybridized carbons (Fsp3) is 0.409. The number of aromatic nitrogens is 6. The molecule has 1 aliphatic rings. The van der Waals surface area contributed by atoms with Crippen molar-refractivity contribution < 1.29 is 4.74 Å². The molecular formula is C22H24N6O2S2. The Morgan fingerprint density at radius 3 is 3.03 bits per heavy atom. The summed E-state index contributed by atoms with van der Waals surface area (Å²) in [6.07, 6.45) is 3.11. The SMILES string of the molecule is COc1ccc(C)cc1-n1nnnc1SC(C)c1nc2sc3c(c2c(=O)[nH]1)CCC(C)C3. The third-order valence-electron chi connectivity index (χ3n) is 5.85. The zero-order valence-corrected chi connectivity index (χ0v) is 20.0. The summed E-state index contributed by atoms with van der Waals surface area (Å²) in [5.74, 6) is 1.97. The van der Waals surface area contributed by atoms with Crippen LogP contribution in [0.25, 0.3) is 15.9 Å². The van der Waals surface area contributed by atoms with Gasteiger partial charge in [-0.15, -0.1) is 16.4 Å². The lowest BCUT2D eigenvalue weighted by atomic mass is 9.89. The highest BCUT2D eigenvalue weighted by Gasteiger charge is 2.25. The molecular weight excluding hydrogens is 444 g/mol. The van der Waals surface area contributed by atoms with Crippen molar-refractivity contribution >= 4 is 33.3 Å². The third kappa shape index (κ3) is 3.71. The van der Waals surface area contributed by atoms with E-state index in [9.17, 15) is 4.79 Å². The summed E-state index contributed by atoms with van der Waals surface area (Å²) in [6.45, 7) is 6.27. The van der Waals surface area contributed by atoms with Gasteiger partial charge in [-0.2, -0.15) is 4.68 Å². The molecule has 8 nitrogen and oxygen atoms in total. The Morgan fingerprint density at radius 2 is 2.22 bits per heavy atom. The number of nitrogens with one attached hydrogen (secondary N) is 1. The number of thioether (sulfide) groups is 1. The minimum Gasteiger partial charge on any atom is -0.494 e. The summed E-state index contributed by atoms with van der Waals surface area (Å²) >= 11 is 3.11. The van der Waals surface area contributed by atoms with E-state index in [1.165, 1.54) is 22.2 Å². The molecule has 166 valence electrons. The second-order valence-electron chi connectivity index (χ2n) is 8.29. The number of tetrazole rings is 1. The number of fused-ring (bicyclic) bond motifs is 3. The summed E-state index contributed by atoms with van der Waals surface area (Å²) in [7, 11) is 1.62. The molecule has 4 aromatic rings. The van der Waals surface area contributed by atoms with Gasteiger partial charge in [0.05, 0.1) is 17.7 Å². The van der Waals surface area contributed by atoms with Gasteiger partial charge in [0.1, 0.15) is 22.1 Å². The van der Waals surface area contributed by atoms with E-state index in [0.29, 0.717) is 22.6 Å². The van der Waals surface area contributed by atoms with Crippen LogP contribution in [0.3, 0.4) is 0 Å². The van der Waals surface area contributed by atoms with Gasteiger partial charge < -0.3 is 9.72 Å². The van der Waals surface area contributed by atoms with Gasteiger partial charge in [-0.1, -0.05) is 24.8 Å². The lowest BCUT2D eigenvalue weighted by Crippen LogP contribution is -2.15. The van der Waals surface area contributed by atoms with E-state index in [1.54, 1.807) is 23.1 Å². The van der Waals surface area contributed by atoms with E-state index >= 15 is 0 Å². The van der Waals surface area contributed by atoms with Crippen LogP contribution in [0.5, 0.6) is 5.75 Å². The maximum absolute atomic E-state index is 13.0. The van der Waals surface area contributed by atoms with E-state index in [2.05, 4.69) is 27.4 Å². The lowest BCUT2D eigenvalue weighted by molar-refractivity contribution is 0.410. The average Bonchev–Trinajstić information content (AvgIpc) is 3.37. The summed E-state index contributed by atoms with van der Waals surface area (Å²) in [6, 6.07) is 5.86. The Hall–Kier alpha value is -2.72. The number of benzene rings is 1. The number of ether oxygens (including phenoxy) is 1. The molecule has 0 bridgehead atoms. The summed E-state index contributed by atoms with van der Waals surface area (Å²) in [5, 5.41) is 13.5. The predicted octanol–water partition coefficient (Wildman–Crippen LogP) is 4.26. The molecule has 0 saturated carbocycles. The highest BCUT2D eigenvalue weighted by Crippen LogP contribution is 2.38. The molecule has 0 spiro atoms. The van der Waals surface area contributed by atoms with Crippen LogP contribution in [-0.2, 0) is 12.8 Å². The first-order valence-electron chi connectivity index (χ1n) is 10.6. The number of methoxy groups -OCH3 is 1. The van der Waals surface area contributed by atoms with Crippen molar-refractivity contribution in [1.29, 1.82) is 0 Å². The summed E-state index contributed by atoms with van der Waals surface area (Å²) < 4.78 is 7.16. The van der Waals surface area contributed by atoms with Crippen molar-refractivity contribution in [2.45, 2.75) is 50.4 Å². The number of thiophene rings is 1. The molecule has 0 radical (unpaired) electrons. The van der Waals surface area contributed by atoms with Crippen LogP contribution < -0.4 is 10.3 Å². The van der Waals surface area contributed by atoms with Gasteiger partial charge in [-0.25, -0.2) is 4.98 Å². The van der Waals surface area contributed by atoms with E-state index in [0.717, 1.165) is 40.7 Å². The van der Waals surface area contributed by atoms with Gasteiger partial charge >= 0.3 is 0 Å². The zero-order valence-electron chi connectivity index (χ0n) is 18.4. The molecule has 3 aromatic heterocycles. The van der Waals surface area contributed by atoms with Gasteiger partial charge in [0.2, 0.25) is 5.16 Å². The van der Waals surface area contributed by atoms with Crippen LogP contribution in [0.15, 0.2) is 28.2 Å². The number of nitrogens with zero attached hydrogens (tertiary/aromatic N) is 5. The molecule has 0 amide bonds. The van der Waals surface area contributed by atoms with Gasteiger partial charge in [0, 0.05) is 4.88 Å². The number of H-pyrrole nitrogens is 1. The second-order valence-corrected chi connectivity index (χ2v) is 10.7. The van der Waals surface area contributed by atoms with Crippen molar-refractivity contribution in [2.24, 2.45) is 5.92 Å². The zero-order chi connectivity index (χ0) is 22.4. The van der Waals surface area contributed by atoms with Gasteiger partial charge in [0.15, 0.2) is 0 Å². The topological polar surface area (TPSA) is 98.6 Å². The number of aromatic amines is 1. The standard InChI is InChI=1S/C22H24N6O2S2/c1-11-6-8-16(30-4)15(9-11)28-22(25-26-27-28)31-13(3)19-23-20(29)18-14-7-5-12(2)10-17(14)32-21(18)24-19/h6,8-9,12-13H,5,7,10H2,1-4H3,(H,23,24,29). The first kappa shape index (κ1) is 21.1. The van der Waals surface area contributed by atoms with Crippen molar-refractivity contribution in [3.63, 3.8) is 0 Å². The predicted molar refractivity (Wildman–Crippen MR) is 126 cm³/mol. The van der Waals surface area contributed by atoms with E-state index in [1.807, 2.05) is 32.0 Å². The van der Waals surface area contributed by atoms with Crippen molar-refractivity contribution in [3.8, 4) is 11.4 Å². The summed E-state index contributed by atoms with van der Waals surface area (Å²) in [4.78, 5) is 23.0. The highest BCUT2D eigenvalue weighted by molar-refractivity contribution is 7.99. The maximum atomic E-state index is 13.0. The molecule has 5 rings (SSSR count). The lowest BCUT2D eigenvalue weighted by Gasteiger charge is -2.17. The first-order chi connectivity index (χ1) is 15.4. The maximum Gasteiger partial charge on any atom is 0.259 e. The first-order valence-corrected chi connectivity index (χ1v) is 12.3. The Labute approximate surface area is 193 Å².